The highest BCUT2D eigenvalue weighted by atomic mass is 79.9. The highest BCUT2D eigenvalue weighted by Gasteiger charge is 2.60. The van der Waals surface area contributed by atoms with E-state index in [2.05, 4.69) is 20.7 Å². The molecule has 0 bridgehead atoms. The Morgan fingerprint density at radius 1 is 1.42 bits per heavy atom. The van der Waals surface area contributed by atoms with Crippen molar-refractivity contribution in [3.8, 4) is 5.75 Å². The molecule has 0 heterocycles. The summed E-state index contributed by atoms with van der Waals surface area (Å²) in [6.45, 7) is 0. The Bertz CT molecular complexity index is 522. The fraction of sp³-hybridized carbons (Fsp3) is 0.385. The minimum atomic E-state index is -1.54. The van der Waals surface area contributed by atoms with Gasteiger partial charge in [-0.05, 0) is 36.6 Å². The number of carbonyl (C=O) groups excluding carboxylic acids is 1. The van der Waals surface area contributed by atoms with Crippen LogP contribution < -0.4 is 0 Å². The van der Waals surface area contributed by atoms with E-state index < -0.39 is 23.3 Å². The van der Waals surface area contributed by atoms with Crippen LogP contribution in [-0.4, -0.2) is 29.3 Å². The summed E-state index contributed by atoms with van der Waals surface area (Å²) < 4.78 is 5.27. The normalized spacial score (nSPS) is 25.5. The van der Waals surface area contributed by atoms with Crippen LogP contribution in [0.3, 0.4) is 0 Å². The third kappa shape index (κ3) is 2.10. The number of rotatable bonds is 3. The van der Waals surface area contributed by atoms with Crippen molar-refractivity contribution in [3.05, 3.63) is 28.2 Å². The van der Waals surface area contributed by atoms with Crippen LogP contribution in [-0.2, 0) is 14.3 Å². The fourth-order valence-electron chi connectivity index (χ4n) is 2.60. The van der Waals surface area contributed by atoms with Gasteiger partial charge >= 0.3 is 11.9 Å². The molecule has 1 aromatic rings. The van der Waals surface area contributed by atoms with Gasteiger partial charge < -0.3 is 14.9 Å². The number of methoxy groups -OCH3 is 1. The average molecular weight is 329 g/mol. The summed E-state index contributed by atoms with van der Waals surface area (Å²) in [6, 6.07) is 4.70. The summed E-state index contributed by atoms with van der Waals surface area (Å²) in [6.07, 6.45) is 0.810. The molecule has 6 heteroatoms. The lowest BCUT2D eigenvalue weighted by molar-refractivity contribution is -0.176. The van der Waals surface area contributed by atoms with Crippen LogP contribution in [0.2, 0.25) is 0 Å². The third-order valence-corrected chi connectivity index (χ3v) is 4.12. The number of benzene rings is 1. The van der Waals surface area contributed by atoms with Gasteiger partial charge in [-0.2, -0.15) is 0 Å². The topological polar surface area (TPSA) is 83.8 Å². The Morgan fingerprint density at radius 3 is 2.53 bits per heavy atom. The molecule has 2 unspecified atom stereocenters. The van der Waals surface area contributed by atoms with E-state index in [1.807, 2.05) is 0 Å². The molecule has 0 amide bonds. The van der Waals surface area contributed by atoms with Crippen molar-refractivity contribution in [2.45, 2.75) is 18.8 Å². The molecule has 0 aliphatic heterocycles. The maximum Gasteiger partial charge on any atom is 0.323 e. The van der Waals surface area contributed by atoms with Gasteiger partial charge in [-0.1, -0.05) is 15.9 Å². The number of carboxylic acid groups (broad SMARTS) is 1. The number of phenolic OH excluding ortho intramolecular Hbond substituents is 1. The van der Waals surface area contributed by atoms with E-state index in [4.69, 9.17) is 0 Å². The van der Waals surface area contributed by atoms with Gasteiger partial charge in [0.2, 0.25) is 0 Å². The molecule has 1 aliphatic carbocycles. The van der Waals surface area contributed by atoms with Crippen molar-refractivity contribution in [1.82, 2.24) is 0 Å². The first-order chi connectivity index (χ1) is 8.91. The summed E-state index contributed by atoms with van der Waals surface area (Å²) >= 11 is 3.24. The predicted molar refractivity (Wildman–Crippen MR) is 69.9 cm³/mol. The van der Waals surface area contributed by atoms with Gasteiger partial charge in [0.25, 0.3) is 0 Å². The molecule has 0 radical (unpaired) electrons. The number of phenols is 1. The molecule has 0 aromatic heterocycles. The largest absolute Gasteiger partial charge is 0.508 e. The number of carbonyl (C=O) groups is 2. The van der Waals surface area contributed by atoms with Gasteiger partial charge in [-0.3, -0.25) is 9.59 Å². The summed E-state index contributed by atoms with van der Waals surface area (Å²) in [4.78, 5) is 23.3. The molecule has 1 saturated carbocycles. The zero-order valence-electron chi connectivity index (χ0n) is 10.2. The number of aromatic hydroxyl groups is 1. The minimum Gasteiger partial charge on any atom is -0.508 e. The van der Waals surface area contributed by atoms with E-state index in [9.17, 15) is 19.8 Å². The van der Waals surface area contributed by atoms with E-state index >= 15 is 0 Å². The van der Waals surface area contributed by atoms with Gasteiger partial charge in [0, 0.05) is 10.4 Å². The minimum absolute atomic E-state index is 0.0282. The van der Waals surface area contributed by atoms with Gasteiger partial charge in [0.1, 0.15) is 5.75 Å². The van der Waals surface area contributed by atoms with E-state index in [0.717, 1.165) is 0 Å². The highest BCUT2D eigenvalue weighted by Crippen LogP contribution is 2.54. The summed E-state index contributed by atoms with van der Waals surface area (Å²) in [5.41, 5.74) is -0.923. The lowest BCUT2D eigenvalue weighted by atomic mass is 9.57. The Labute approximate surface area is 118 Å². The predicted octanol–water partition coefficient (Wildman–Crippen LogP) is 2.28. The zero-order valence-corrected chi connectivity index (χ0v) is 11.8. The highest BCUT2D eigenvalue weighted by molar-refractivity contribution is 9.10. The molecule has 1 aromatic carbocycles. The molecule has 1 aliphatic rings. The number of esters is 1. The lowest BCUT2D eigenvalue weighted by Crippen LogP contribution is -2.51. The molecular formula is C13H13BrO5. The Morgan fingerprint density at radius 2 is 2.11 bits per heavy atom. The molecule has 5 nitrogen and oxygen atoms in total. The van der Waals surface area contributed by atoms with E-state index in [1.54, 1.807) is 6.07 Å². The second kappa shape index (κ2) is 4.85. The van der Waals surface area contributed by atoms with Gasteiger partial charge in [-0.25, -0.2) is 0 Å². The SMILES string of the molecule is COC(=O)C1(C(=O)O)CCC1c1cc(O)cc(Br)c1. The Kier molecular flexibility index (Phi) is 3.54. The second-order valence-corrected chi connectivity index (χ2v) is 5.52. The number of carboxylic acids is 1. The van der Waals surface area contributed by atoms with Crippen LogP contribution in [0.1, 0.15) is 24.3 Å². The summed E-state index contributed by atoms with van der Waals surface area (Å²) in [7, 11) is 1.18. The van der Waals surface area contributed by atoms with Crippen molar-refractivity contribution >= 4 is 27.9 Å². The van der Waals surface area contributed by atoms with Crippen molar-refractivity contribution < 1.29 is 24.5 Å². The van der Waals surface area contributed by atoms with Gasteiger partial charge in [0.05, 0.1) is 7.11 Å². The summed E-state index contributed by atoms with van der Waals surface area (Å²) in [5.74, 6) is -2.38. The van der Waals surface area contributed by atoms with Crippen molar-refractivity contribution in [2.75, 3.05) is 7.11 Å². The smallest absolute Gasteiger partial charge is 0.323 e. The number of halogens is 1. The van der Waals surface area contributed by atoms with Crippen molar-refractivity contribution in [3.63, 3.8) is 0 Å². The van der Waals surface area contributed by atoms with E-state index in [0.29, 0.717) is 16.5 Å². The van der Waals surface area contributed by atoms with Crippen molar-refractivity contribution in [2.24, 2.45) is 5.41 Å². The van der Waals surface area contributed by atoms with Crippen LogP contribution in [0.4, 0.5) is 0 Å². The van der Waals surface area contributed by atoms with E-state index in [-0.39, 0.29) is 12.2 Å². The quantitative estimate of drug-likeness (QED) is 0.656. The first-order valence-electron chi connectivity index (χ1n) is 5.73. The molecular weight excluding hydrogens is 316 g/mol. The molecule has 2 rings (SSSR count). The maximum atomic E-state index is 11.8. The molecule has 0 spiro atoms. The average Bonchev–Trinajstić information content (AvgIpc) is 2.25. The van der Waals surface area contributed by atoms with Crippen LogP contribution in [0.25, 0.3) is 0 Å². The molecule has 1 fully saturated rings. The Hall–Kier alpha value is -1.56. The Balaban J connectivity index is 2.44. The van der Waals surface area contributed by atoms with Crippen LogP contribution >= 0.6 is 15.9 Å². The van der Waals surface area contributed by atoms with Gasteiger partial charge in [0.15, 0.2) is 5.41 Å². The molecule has 102 valence electrons. The van der Waals surface area contributed by atoms with Crippen LogP contribution in [0, 0.1) is 5.41 Å². The number of hydrogen-bond acceptors (Lipinski definition) is 4. The van der Waals surface area contributed by atoms with E-state index in [1.165, 1.54) is 19.2 Å². The summed E-state index contributed by atoms with van der Waals surface area (Å²) in [5, 5.41) is 19.0. The number of hydrogen-bond donors (Lipinski definition) is 2. The molecule has 0 saturated heterocycles. The third-order valence-electron chi connectivity index (χ3n) is 3.66. The molecule has 2 N–H and O–H groups in total. The first kappa shape index (κ1) is 13.9. The van der Waals surface area contributed by atoms with Crippen LogP contribution in [0.5, 0.6) is 5.75 Å². The van der Waals surface area contributed by atoms with Crippen molar-refractivity contribution in [1.29, 1.82) is 0 Å². The standard InChI is InChI=1S/C13H13BrO5/c1-19-12(18)13(11(16)17)3-2-10(13)7-4-8(14)6-9(15)5-7/h4-6,10,15H,2-3H2,1H3,(H,16,17). The van der Waals surface area contributed by atoms with Gasteiger partial charge in [-0.15, -0.1) is 0 Å². The fourth-order valence-corrected chi connectivity index (χ4v) is 3.09. The lowest BCUT2D eigenvalue weighted by Gasteiger charge is -2.43. The number of ether oxygens (including phenoxy) is 1. The molecule has 2 atom stereocenters. The monoisotopic (exact) mass is 328 g/mol. The zero-order chi connectivity index (χ0) is 14.2. The first-order valence-corrected chi connectivity index (χ1v) is 6.52. The van der Waals surface area contributed by atoms with Crippen LogP contribution in [0.15, 0.2) is 22.7 Å². The number of aliphatic carboxylic acids is 1. The maximum absolute atomic E-state index is 11.8. The second-order valence-electron chi connectivity index (χ2n) is 4.60. The molecule has 19 heavy (non-hydrogen) atoms.